The van der Waals surface area contributed by atoms with Crippen molar-refractivity contribution < 1.29 is 17.6 Å². The summed E-state index contributed by atoms with van der Waals surface area (Å²) >= 11 is 2.89. The molecule has 1 unspecified atom stereocenters. The first kappa shape index (κ1) is 12.4. The van der Waals surface area contributed by atoms with E-state index < -0.39 is 24.5 Å². The first-order chi connectivity index (χ1) is 6.82. The molecule has 2 N–H and O–H groups in total. The monoisotopic (exact) mass is 285 g/mol. The lowest BCUT2D eigenvalue weighted by atomic mass is 10.1. The zero-order chi connectivity index (χ0) is 11.6. The van der Waals surface area contributed by atoms with Crippen molar-refractivity contribution in [2.24, 2.45) is 5.73 Å². The third kappa shape index (κ3) is 3.17. The van der Waals surface area contributed by atoms with E-state index in [0.717, 1.165) is 0 Å². The molecule has 0 bridgehead atoms. The molecule has 1 aromatic rings. The summed E-state index contributed by atoms with van der Waals surface area (Å²) in [4.78, 5) is 0. The van der Waals surface area contributed by atoms with Gasteiger partial charge in [-0.15, -0.1) is 0 Å². The Morgan fingerprint density at radius 2 is 1.93 bits per heavy atom. The highest BCUT2D eigenvalue weighted by atomic mass is 79.9. The van der Waals surface area contributed by atoms with Crippen LogP contribution >= 0.6 is 15.9 Å². The molecule has 0 aliphatic rings. The molecule has 1 aromatic carbocycles. The molecule has 84 valence electrons. The minimum Gasteiger partial charge on any atom is -0.320 e. The largest absolute Gasteiger partial charge is 0.403 e. The number of nitrogens with two attached hydrogens (primary N) is 1. The molecule has 6 heteroatoms. The summed E-state index contributed by atoms with van der Waals surface area (Å²) in [6, 6.07) is 2.12. The van der Waals surface area contributed by atoms with Crippen molar-refractivity contribution in [3.8, 4) is 0 Å². The summed E-state index contributed by atoms with van der Waals surface area (Å²) in [5, 5.41) is 0. The third-order valence-corrected chi connectivity index (χ3v) is 2.50. The summed E-state index contributed by atoms with van der Waals surface area (Å²) in [5.74, 6) is -0.697. The molecular weight excluding hydrogens is 278 g/mol. The number of alkyl halides is 3. The van der Waals surface area contributed by atoms with Crippen LogP contribution < -0.4 is 5.73 Å². The molecule has 0 amide bonds. The topological polar surface area (TPSA) is 26.0 Å². The van der Waals surface area contributed by atoms with Gasteiger partial charge in [0.1, 0.15) is 11.9 Å². The van der Waals surface area contributed by atoms with E-state index >= 15 is 0 Å². The summed E-state index contributed by atoms with van der Waals surface area (Å²) in [5.41, 5.74) is 4.85. The van der Waals surface area contributed by atoms with Crippen molar-refractivity contribution in [2.45, 2.75) is 18.6 Å². The average molecular weight is 286 g/mol. The molecule has 0 aliphatic carbocycles. The molecule has 15 heavy (non-hydrogen) atoms. The summed E-state index contributed by atoms with van der Waals surface area (Å²) < 4.78 is 49.7. The van der Waals surface area contributed by atoms with Gasteiger partial charge in [0.2, 0.25) is 0 Å². The molecule has 1 nitrogen and oxygen atoms in total. The van der Waals surface area contributed by atoms with Crippen LogP contribution in [0.25, 0.3) is 0 Å². The Morgan fingerprint density at radius 3 is 2.47 bits per heavy atom. The number of halogens is 5. The van der Waals surface area contributed by atoms with Crippen LogP contribution in [-0.2, 0) is 6.42 Å². The van der Waals surface area contributed by atoms with Crippen molar-refractivity contribution in [1.82, 2.24) is 0 Å². The molecular formula is C9H8BrF4N. The van der Waals surface area contributed by atoms with Crippen LogP contribution in [0.3, 0.4) is 0 Å². The van der Waals surface area contributed by atoms with E-state index in [1.54, 1.807) is 0 Å². The molecule has 0 aromatic heterocycles. The maximum atomic E-state index is 13.3. The summed E-state index contributed by atoms with van der Waals surface area (Å²) in [6.07, 6.45) is -5.07. The lowest BCUT2D eigenvalue weighted by Crippen LogP contribution is -2.39. The van der Waals surface area contributed by atoms with Gasteiger partial charge >= 0.3 is 6.18 Å². The lowest BCUT2D eigenvalue weighted by molar-refractivity contribution is -0.147. The lowest BCUT2D eigenvalue weighted by Gasteiger charge is -2.15. The highest BCUT2D eigenvalue weighted by Gasteiger charge is 2.37. The van der Waals surface area contributed by atoms with Crippen LogP contribution in [0.4, 0.5) is 17.6 Å². The summed E-state index contributed by atoms with van der Waals surface area (Å²) in [6.45, 7) is 0. The minimum absolute atomic E-state index is 0.0470. The number of hydrogen-bond donors (Lipinski definition) is 1. The summed E-state index contributed by atoms with van der Waals surface area (Å²) in [7, 11) is 0. The third-order valence-electron chi connectivity index (χ3n) is 1.89. The van der Waals surface area contributed by atoms with Crippen molar-refractivity contribution in [3.05, 3.63) is 34.1 Å². The van der Waals surface area contributed by atoms with Crippen molar-refractivity contribution >= 4 is 15.9 Å². The van der Waals surface area contributed by atoms with Gasteiger partial charge < -0.3 is 5.73 Å². The Balaban J connectivity index is 2.86. The molecule has 0 fully saturated rings. The van der Waals surface area contributed by atoms with Gasteiger partial charge in [-0.25, -0.2) is 4.39 Å². The smallest absolute Gasteiger partial charge is 0.320 e. The second-order valence-electron chi connectivity index (χ2n) is 3.07. The predicted molar refractivity (Wildman–Crippen MR) is 51.8 cm³/mol. The molecule has 0 spiro atoms. The first-order valence-electron chi connectivity index (χ1n) is 4.07. The van der Waals surface area contributed by atoms with Crippen LogP contribution in [0.1, 0.15) is 5.56 Å². The van der Waals surface area contributed by atoms with Crippen LogP contribution in [0.5, 0.6) is 0 Å². The van der Waals surface area contributed by atoms with Gasteiger partial charge in [0.15, 0.2) is 0 Å². The van der Waals surface area contributed by atoms with E-state index in [-0.39, 0.29) is 10.0 Å². The normalized spacial score (nSPS) is 14.0. The standard InChI is InChI=1S/C9H8BrF4N/c10-6-3-1-2-5(8(6)11)4-7(15)9(12,13)14/h1-3,7H,4,15H2. The maximum absolute atomic E-state index is 13.3. The molecule has 0 radical (unpaired) electrons. The molecule has 0 heterocycles. The van der Waals surface area contributed by atoms with E-state index in [4.69, 9.17) is 5.73 Å². The fourth-order valence-corrected chi connectivity index (χ4v) is 1.47. The predicted octanol–water partition coefficient (Wildman–Crippen LogP) is 3.02. The number of benzene rings is 1. The van der Waals surface area contributed by atoms with Gasteiger partial charge in [-0.3, -0.25) is 0 Å². The van der Waals surface area contributed by atoms with Gasteiger partial charge in [0.05, 0.1) is 4.47 Å². The maximum Gasteiger partial charge on any atom is 0.403 e. The highest BCUT2D eigenvalue weighted by Crippen LogP contribution is 2.24. The van der Waals surface area contributed by atoms with Crippen molar-refractivity contribution in [2.75, 3.05) is 0 Å². The second-order valence-corrected chi connectivity index (χ2v) is 3.92. The van der Waals surface area contributed by atoms with Gasteiger partial charge in [-0.05, 0) is 34.0 Å². The van der Waals surface area contributed by atoms with Crippen LogP contribution in [0, 0.1) is 5.82 Å². The second kappa shape index (κ2) is 4.49. The van der Waals surface area contributed by atoms with Crippen LogP contribution in [0.15, 0.2) is 22.7 Å². The fraction of sp³-hybridized carbons (Fsp3) is 0.333. The van der Waals surface area contributed by atoms with Crippen LogP contribution in [-0.4, -0.2) is 12.2 Å². The van der Waals surface area contributed by atoms with E-state index in [1.165, 1.54) is 18.2 Å². The highest BCUT2D eigenvalue weighted by molar-refractivity contribution is 9.10. The van der Waals surface area contributed by atoms with Crippen molar-refractivity contribution in [1.29, 1.82) is 0 Å². The SMILES string of the molecule is NC(Cc1cccc(Br)c1F)C(F)(F)F. The average Bonchev–Trinajstić information content (AvgIpc) is 2.11. The Kier molecular flexibility index (Phi) is 3.72. The molecule has 1 atom stereocenters. The van der Waals surface area contributed by atoms with Gasteiger partial charge in [-0.2, -0.15) is 13.2 Å². The van der Waals surface area contributed by atoms with Crippen molar-refractivity contribution in [3.63, 3.8) is 0 Å². The molecule has 1 rings (SSSR count). The number of rotatable bonds is 2. The van der Waals surface area contributed by atoms with Crippen LogP contribution in [0.2, 0.25) is 0 Å². The first-order valence-corrected chi connectivity index (χ1v) is 4.87. The minimum atomic E-state index is -4.51. The Hall–Kier alpha value is -0.620. The van der Waals surface area contributed by atoms with E-state index in [2.05, 4.69) is 15.9 Å². The quantitative estimate of drug-likeness (QED) is 0.831. The zero-order valence-corrected chi connectivity index (χ0v) is 9.07. The Morgan fingerprint density at radius 1 is 1.33 bits per heavy atom. The van der Waals surface area contributed by atoms with E-state index in [9.17, 15) is 17.6 Å². The molecule has 0 saturated heterocycles. The molecule has 0 saturated carbocycles. The zero-order valence-electron chi connectivity index (χ0n) is 7.48. The van der Waals surface area contributed by atoms with Gasteiger partial charge in [0, 0.05) is 0 Å². The Bertz CT molecular complexity index is 350. The fourth-order valence-electron chi connectivity index (χ4n) is 1.06. The van der Waals surface area contributed by atoms with Gasteiger partial charge in [0.25, 0.3) is 0 Å². The molecule has 0 aliphatic heterocycles. The van der Waals surface area contributed by atoms with Gasteiger partial charge in [-0.1, -0.05) is 12.1 Å². The van der Waals surface area contributed by atoms with E-state index in [1.807, 2.05) is 0 Å². The number of hydrogen-bond acceptors (Lipinski definition) is 1. The Labute approximate surface area is 92.4 Å². The van der Waals surface area contributed by atoms with E-state index in [0.29, 0.717) is 0 Å².